The molecule has 1 aromatic heterocycles. The second kappa shape index (κ2) is 6.68. The summed E-state index contributed by atoms with van der Waals surface area (Å²) in [6.45, 7) is 6.29. The molecule has 27 heavy (non-hydrogen) atoms. The molecule has 0 spiro atoms. The molecule has 0 aliphatic heterocycles. The molecule has 0 amide bonds. The van der Waals surface area contributed by atoms with Crippen molar-refractivity contribution >= 4 is 10.9 Å². The molecule has 142 valence electrons. The predicted molar refractivity (Wildman–Crippen MR) is 106 cm³/mol. The van der Waals surface area contributed by atoms with Gasteiger partial charge in [-0.2, -0.15) is 0 Å². The van der Waals surface area contributed by atoms with Crippen molar-refractivity contribution in [3.05, 3.63) is 59.0 Å². The van der Waals surface area contributed by atoms with E-state index in [0.717, 1.165) is 29.4 Å². The first-order chi connectivity index (χ1) is 12.9. The predicted octanol–water partition coefficient (Wildman–Crippen LogP) is 5.39. The quantitative estimate of drug-likeness (QED) is 0.649. The topological polar surface area (TPSA) is 45.4 Å². The van der Waals surface area contributed by atoms with Crippen LogP contribution in [0.3, 0.4) is 0 Å². The number of rotatable bonds is 4. The van der Waals surface area contributed by atoms with Crippen molar-refractivity contribution in [3.8, 4) is 11.4 Å². The lowest BCUT2D eigenvalue weighted by Gasteiger charge is -2.36. The third-order valence-corrected chi connectivity index (χ3v) is 6.00. The summed E-state index contributed by atoms with van der Waals surface area (Å²) in [5, 5.41) is 20.9. The zero-order valence-corrected chi connectivity index (χ0v) is 16.0. The number of aliphatic hydroxyl groups excluding tert-OH is 1. The Kier molecular flexibility index (Phi) is 4.47. The van der Waals surface area contributed by atoms with E-state index in [1.165, 1.54) is 17.3 Å². The maximum absolute atomic E-state index is 13.9. The van der Waals surface area contributed by atoms with E-state index in [-0.39, 0.29) is 30.0 Å². The molecule has 2 aromatic carbocycles. The van der Waals surface area contributed by atoms with E-state index in [2.05, 4.69) is 18.4 Å². The van der Waals surface area contributed by atoms with Crippen LogP contribution < -0.4 is 0 Å². The van der Waals surface area contributed by atoms with Crippen LogP contribution in [0.15, 0.2) is 36.4 Å². The number of benzene rings is 2. The highest BCUT2D eigenvalue weighted by atomic mass is 19.1. The van der Waals surface area contributed by atoms with Gasteiger partial charge in [0.1, 0.15) is 11.6 Å². The molecule has 0 unspecified atom stereocenters. The van der Waals surface area contributed by atoms with Gasteiger partial charge >= 0.3 is 0 Å². The molecule has 0 radical (unpaired) electrons. The van der Waals surface area contributed by atoms with Crippen molar-refractivity contribution in [2.45, 2.75) is 45.4 Å². The Morgan fingerprint density at radius 2 is 1.93 bits per heavy atom. The Morgan fingerprint density at radius 3 is 2.52 bits per heavy atom. The van der Waals surface area contributed by atoms with E-state index in [9.17, 15) is 14.6 Å². The number of phenolic OH excluding ortho intramolecular Hbond substituents is 1. The van der Waals surface area contributed by atoms with E-state index >= 15 is 0 Å². The summed E-state index contributed by atoms with van der Waals surface area (Å²) < 4.78 is 16.1. The number of hydrogen-bond donors (Lipinski definition) is 2. The smallest absolute Gasteiger partial charge is 0.126 e. The minimum Gasteiger partial charge on any atom is -0.508 e. The van der Waals surface area contributed by atoms with Crippen molar-refractivity contribution in [1.29, 1.82) is 0 Å². The molecular formula is C23H26FNO2. The van der Waals surface area contributed by atoms with Gasteiger partial charge in [-0.05, 0) is 85.0 Å². The Balaban J connectivity index is 2.06. The van der Waals surface area contributed by atoms with Gasteiger partial charge in [0, 0.05) is 23.4 Å². The highest BCUT2D eigenvalue weighted by Crippen LogP contribution is 2.49. The fourth-order valence-electron chi connectivity index (χ4n) is 4.50. The molecule has 1 heterocycles. The van der Waals surface area contributed by atoms with Gasteiger partial charge in [0.25, 0.3) is 0 Å². The number of aromatic nitrogens is 1. The van der Waals surface area contributed by atoms with E-state index in [1.807, 2.05) is 24.3 Å². The van der Waals surface area contributed by atoms with Crippen molar-refractivity contribution < 1.29 is 14.6 Å². The van der Waals surface area contributed by atoms with Crippen LogP contribution in [0, 0.1) is 18.7 Å². The van der Waals surface area contributed by atoms with Gasteiger partial charge in [-0.15, -0.1) is 0 Å². The van der Waals surface area contributed by atoms with Crippen LogP contribution in [0.5, 0.6) is 5.75 Å². The molecule has 4 heteroatoms. The number of aromatic hydroxyl groups is 1. The lowest BCUT2D eigenvalue weighted by Crippen LogP contribution is -2.27. The fraction of sp³-hybridized carbons (Fsp3) is 0.391. The minimum atomic E-state index is -0.210. The molecular weight excluding hydrogens is 341 g/mol. The average Bonchev–Trinajstić information content (AvgIpc) is 2.91. The largest absolute Gasteiger partial charge is 0.508 e. The van der Waals surface area contributed by atoms with Crippen LogP contribution in [0.1, 0.15) is 55.3 Å². The van der Waals surface area contributed by atoms with Gasteiger partial charge in [0.15, 0.2) is 0 Å². The molecule has 2 N–H and O–H groups in total. The number of aryl methyl sites for hydroxylation is 1. The number of fused-ring (bicyclic) bond motifs is 1. The van der Waals surface area contributed by atoms with E-state index in [4.69, 9.17) is 0 Å². The van der Waals surface area contributed by atoms with Gasteiger partial charge in [0.2, 0.25) is 0 Å². The molecule has 0 bridgehead atoms. The first kappa shape index (κ1) is 18.1. The highest BCUT2D eigenvalue weighted by Gasteiger charge is 2.37. The van der Waals surface area contributed by atoms with Gasteiger partial charge in [-0.25, -0.2) is 4.39 Å². The van der Waals surface area contributed by atoms with Gasteiger partial charge in [-0.3, -0.25) is 0 Å². The molecule has 1 aliphatic rings. The molecule has 3 aromatic rings. The number of halogens is 1. The Hall–Kier alpha value is -2.33. The minimum absolute atomic E-state index is 0.184. The number of hydrogen-bond acceptors (Lipinski definition) is 2. The van der Waals surface area contributed by atoms with Crippen LogP contribution in [-0.2, 0) is 0 Å². The van der Waals surface area contributed by atoms with Crippen molar-refractivity contribution in [1.82, 2.24) is 4.57 Å². The van der Waals surface area contributed by atoms with Crippen LogP contribution >= 0.6 is 0 Å². The second-order valence-corrected chi connectivity index (χ2v) is 8.05. The summed E-state index contributed by atoms with van der Waals surface area (Å²) in [6.07, 6.45) is 2.07. The highest BCUT2D eigenvalue weighted by molar-refractivity contribution is 5.89. The molecule has 1 aliphatic carbocycles. The first-order valence-corrected chi connectivity index (χ1v) is 9.67. The van der Waals surface area contributed by atoms with Gasteiger partial charge in [0.05, 0.1) is 5.52 Å². The van der Waals surface area contributed by atoms with Gasteiger partial charge in [-0.1, -0.05) is 13.8 Å². The molecule has 3 nitrogen and oxygen atoms in total. The van der Waals surface area contributed by atoms with Crippen LogP contribution in [0.2, 0.25) is 0 Å². The van der Waals surface area contributed by atoms with Gasteiger partial charge < -0.3 is 14.8 Å². The molecule has 1 saturated carbocycles. The Morgan fingerprint density at radius 1 is 1.15 bits per heavy atom. The zero-order valence-electron chi connectivity index (χ0n) is 16.0. The fourth-order valence-corrected chi connectivity index (χ4v) is 4.50. The number of nitrogens with zero attached hydrogens (tertiary/aromatic N) is 1. The Bertz CT molecular complexity index is 1000. The van der Waals surface area contributed by atoms with Crippen molar-refractivity contribution in [2.75, 3.05) is 6.61 Å². The lowest BCUT2D eigenvalue weighted by molar-refractivity contribution is 0.135. The van der Waals surface area contributed by atoms with E-state index in [0.29, 0.717) is 11.5 Å². The standard InChI is InChI=1S/C23H26FNO2/c1-13(2)23-22(18-7-4-15(18)12-26)19-11-17(27)6-9-21(19)25(23)16-5-8-20(24)14(3)10-16/h5-6,8-11,13,15,18,26-27H,4,7,12H2,1-3H3/t15-,18-/m1/s1. The normalized spacial score (nSPS) is 19.6. The monoisotopic (exact) mass is 367 g/mol. The summed E-state index contributed by atoms with van der Waals surface area (Å²) in [7, 11) is 0. The summed E-state index contributed by atoms with van der Waals surface area (Å²) in [5.74, 6) is 0.836. The average molecular weight is 367 g/mol. The number of phenols is 1. The molecule has 0 saturated heterocycles. The first-order valence-electron chi connectivity index (χ1n) is 9.67. The Labute approximate surface area is 159 Å². The van der Waals surface area contributed by atoms with Crippen molar-refractivity contribution in [3.63, 3.8) is 0 Å². The summed E-state index contributed by atoms with van der Waals surface area (Å²) in [4.78, 5) is 0. The molecule has 2 atom stereocenters. The summed E-state index contributed by atoms with van der Waals surface area (Å²) >= 11 is 0. The number of aliphatic hydroxyl groups is 1. The lowest BCUT2D eigenvalue weighted by atomic mass is 9.69. The second-order valence-electron chi connectivity index (χ2n) is 8.05. The van der Waals surface area contributed by atoms with Crippen LogP contribution in [-0.4, -0.2) is 21.4 Å². The van der Waals surface area contributed by atoms with Crippen LogP contribution in [0.25, 0.3) is 16.6 Å². The van der Waals surface area contributed by atoms with Crippen LogP contribution in [0.4, 0.5) is 4.39 Å². The molecule has 4 rings (SSSR count). The zero-order chi connectivity index (χ0) is 19.3. The maximum atomic E-state index is 13.9. The molecule has 1 fully saturated rings. The summed E-state index contributed by atoms with van der Waals surface area (Å²) in [5.41, 5.74) is 4.97. The van der Waals surface area contributed by atoms with E-state index in [1.54, 1.807) is 13.0 Å². The SMILES string of the molecule is Cc1cc(-n2c(C(C)C)c([C@@H]3CC[C@@H]3CO)c3cc(O)ccc32)ccc1F. The van der Waals surface area contributed by atoms with E-state index < -0.39 is 0 Å². The summed E-state index contributed by atoms with van der Waals surface area (Å²) in [6, 6.07) is 10.7. The third kappa shape index (κ3) is 2.83. The third-order valence-electron chi connectivity index (χ3n) is 6.00. The van der Waals surface area contributed by atoms with Crippen molar-refractivity contribution in [2.24, 2.45) is 5.92 Å². The maximum Gasteiger partial charge on any atom is 0.126 e.